The van der Waals surface area contributed by atoms with Crippen LogP contribution in [0.1, 0.15) is 41.5 Å². The summed E-state index contributed by atoms with van der Waals surface area (Å²) in [7, 11) is 1.51. The molecule has 2 aromatic carbocycles. The fourth-order valence-corrected chi connectivity index (χ4v) is 5.36. The molecule has 2 saturated heterocycles. The Morgan fingerprint density at radius 3 is 2.39 bits per heavy atom. The summed E-state index contributed by atoms with van der Waals surface area (Å²) in [5.74, 6) is -0.212. The summed E-state index contributed by atoms with van der Waals surface area (Å²) >= 11 is 0. The highest BCUT2D eigenvalue weighted by molar-refractivity contribution is 5.86. The second kappa shape index (κ2) is 9.84. The largest absolute Gasteiger partial charge is 0.417 e. The molecule has 4 rings (SSSR count). The molecule has 0 aromatic heterocycles. The summed E-state index contributed by atoms with van der Waals surface area (Å²) < 4.78 is 40.7. The Morgan fingerprint density at radius 1 is 1.14 bits per heavy atom. The van der Waals surface area contributed by atoms with Gasteiger partial charge in [-0.1, -0.05) is 29.8 Å². The second-order valence-electron chi connectivity index (χ2n) is 9.84. The molecule has 0 aliphatic carbocycles. The zero-order chi connectivity index (χ0) is 26.1. The van der Waals surface area contributed by atoms with Gasteiger partial charge in [-0.3, -0.25) is 9.59 Å². The fourth-order valence-electron chi connectivity index (χ4n) is 5.36. The molecule has 1 spiro atoms. The number of nitrogens with one attached hydrogen (secondary N) is 1. The molecule has 9 heteroatoms. The highest BCUT2D eigenvalue weighted by Crippen LogP contribution is 2.46. The van der Waals surface area contributed by atoms with E-state index in [-0.39, 0.29) is 22.9 Å². The lowest BCUT2D eigenvalue weighted by Crippen LogP contribution is -2.44. The predicted molar refractivity (Wildman–Crippen MR) is 129 cm³/mol. The van der Waals surface area contributed by atoms with E-state index in [1.165, 1.54) is 13.1 Å². The molecule has 2 aliphatic rings. The number of nitriles is 1. The number of aryl methyl sites for hydroxylation is 1. The van der Waals surface area contributed by atoms with Crippen LogP contribution < -0.4 is 10.2 Å². The van der Waals surface area contributed by atoms with Gasteiger partial charge in [-0.05, 0) is 55.4 Å². The Balaban J connectivity index is 1.51. The molecule has 1 unspecified atom stereocenters. The zero-order valence-corrected chi connectivity index (χ0v) is 20.4. The van der Waals surface area contributed by atoms with E-state index in [1.54, 1.807) is 11.0 Å². The number of piperidine rings is 1. The summed E-state index contributed by atoms with van der Waals surface area (Å²) in [6.45, 7) is 3.49. The molecule has 2 fully saturated rings. The molecule has 1 atom stereocenters. The van der Waals surface area contributed by atoms with Gasteiger partial charge >= 0.3 is 6.18 Å². The van der Waals surface area contributed by atoms with Gasteiger partial charge in [0.1, 0.15) is 6.04 Å². The van der Waals surface area contributed by atoms with Crippen LogP contribution in [0.15, 0.2) is 42.5 Å². The molecule has 0 bridgehead atoms. The van der Waals surface area contributed by atoms with Gasteiger partial charge in [0.2, 0.25) is 11.8 Å². The van der Waals surface area contributed by atoms with Crippen LogP contribution in [0, 0.1) is 23.7 Å². The molecule has 2 aromatic rings. The number of nitrogens with zero attached hydrogens (tertiary/aromatic N) is 3. The van der Waals surface area contributed by atoms with Crippen molar-refractivity contribution in [1.82, 2.24) is 10.2 Å². The van der Waals surface area contributed by atoms with Crippen LogP contribution >= 0.6 is 0 Å². The van der Waals surface area contributed by atoms with Gasteiger partial charge in [-0.15, -0.1) is 0 Å². The highest BCUT2D eigenvalue weighted by Gasteiger charge is 2.48. The van der Waals surface area contributed by atoms with E-state index in [2.05, 4.69) is 5.32 Å². The lowest BCUT2D eigenvalue weighted by molar-refractivity contribution is -0.137. The Kier molecular flexibility index (Phi) is 6.98. The van der Waals surface area contributed by atoms with Crippen LogP contribution in [-0.4, -0.2) is 49.4 Å². The molecule has 6 nitrogen and oxygen atoms in total. The van der Waals surface area contributed by atoms with Gasteiger partial charge in [0, 0.05) is 32.4 Å². The molecule has 0 saturated carbocycles. The van der Waals surface area contributed by atoms with E-state index in [0.717, 1.165) is 23.3 Å². The first-order valence-electron chi connectivity index (χ1n) is 12.0. The number of hydrogen-bond donors (Lipinski definition) is 1. The molecule has 1 N–H and O–H groups in total. The molecule has 2 amide bonds. The van der Waals surface area contributed by atoms with E-state index < -0.39 is 23.3 Å². The Morgan fingerprint density at radius 2 is 1.81 bits per heavy atom. The van der Waals surface area contributed by atoms with Gasteiger partial charge in [-0.25, -0.2) is 0 Å². The molecule has 2 aliphatic heterocycles. The Labute approximate surface area is 208 Å². The van der Waals surface area contributed by atoms with Crippen molar-refractivity contribution in [2.75, 3.05) is 31.6 Å². The van der Waals surface area contributed by atoms with Crippen LogP contribution in [0.4, 0.5) is 18.9 Å². The summed E-state index contributed by atoms with van der Waals surface area (Å²) in [5.41, 5.74) is 0.618. The minimum absolute atomic E-state index is 0.0494. The number of carbonyl (C=O) groups is 2. The summed E-state index contributed by atoms with van der Waals surface area (Å²) in [6, 6.07) is 12.4. The number of likely N-dealkylation sites (N-methyl/N-ethyl adjacent to an activating group) is 1. The minimum Gasteiger partial charge on any atom is -0.359 e. The third-order valence-corrected chi connectivity index (χ3v) is 7.47. The van der Waals surface area contributed by atoms with Crippen LogP contribution in [0.2, 0.25) is 0 Å². The number of hydrogen-bond acceptors (Lipinski definition) is 4. The first-order chi connectivity index (χ1) is 17.0. The van der Waals surface area contributed by atoms with Crippen molar-refractivity contribution in [2.45, 2.75) is 44.8 Å². The van der Waals surface area contributed by atoms with Gasteiger partial charge < -0.3 is 15.1 Å². The number of benzene rings is 2. The Bertz CT molecular complexity index is 1180. The van der Waals surface area contributed by atoms with Crippen LogP contribution in [0.3, 0.4) is 0 Å². The fraction of sp³-hybridized carbons (Fsp3) is 0.444. The average molecular weight is 499 g/mol. The molecule has 0 radical (unpaired) electrons. The SMILES string of the molecule is CNC(=O)C1CC2(CCN(C(=O)Cc3ccc(C)cc3)CC2)CN1c1ccc(C#N)c(C(F)(F)F)c1. The first-order valence-corrected chi connectivity index (χ1v) is 12.0. The maximum Gasteiger partial charge on any atom is 0.417 e. The summed E-state index contributed by atoms with van der Waals surface area (Å²) in [4.78, 5) is 29.2. The highest BCUT2D eigenvalue weighted by atomic mass is 19.4. The smallest absolute Gasteiger partial charge is 0.359 e. The maximum atomic E-state index is 13.6. The van der Waals surface area contributed by atoms with Crippen molar-refractivity contribution in [1.29, 1.82) is 5.26 Å². The number of carbonyl (C=O) groups excluding carboxylic acids is 2. The second-order valence-corrected chi connectivity index (χ2v) is 9.84. The topological polar surface area (TPSA) is 76.4 Å². The number of alkyl halides is 3. The van der Waals surface area contributed by atoms with Crippen molar-refractivity contribution < 1.29 is 22.8 Å². The van der Waals surface area contributed by atoms with Gasteiger partial charge in [-0.2, -0.15) is 18.4 Å². The quantitative estimate of drug-likeness (QED) is 0.690. The van der Waals surface area contributed by atoms with E-state index >= 15 is 0 Å². The number of amides is 2. The molecular weight excluding hydrogens is 469 g/mol. The number of anilines is 1. The third-order valence-electron chi connectivity index (χ3n) is 7.47. The van der Waals surface area contributed by atoms with Gasteiger partial charge in [0.25, 0.3) is 0 Å². The predicted octanol–water partition coefficient (Wildman–Crippen LogP) is 4.06. The monoisotopic (exact) mass is 498 g/mol. The standard InChI is InChI=1S/C27H29F3N4O2/c1-18-3-5-19(6-4-18)13-24(35)33-11-9-26(10-12-33)15-23(25(36)32-2)34(17-26)21-8-7-20(16-31)22(14-21)27(28,29)30/h3-8,14,23H,9-13,15,17H2,1-2H3,(H,32,36). The molecule has 2 heterocycles. The Hall–Kier alpha value is -3.54. The number of halogens is 3. The number of rotatable bonds is 4. The van der Waals surface area contributed by atoms with Crippen LogP contribution in [0.5, 0.6) is 0 Å². The van der Waals surface area contributed by atoms with Crippen molar-refractivity contribution >= 4 is 17.5 Å². The first kappa shape index (κ1) is 25.5. The maximum absolute atomic E-state index is 13.6. The van der Waals surface area contributed by atoms with Crippen molar-refractivity contribution in [3.05, 3.63) is 64.7 Å². The van der Waals surface area contributed by atoms with Crippen molar-refractivity contribution in [3.8, 4) is 6.07 Å². The summed E-state index contributed by atoms with van der Waals surface area (Å²) in [6.07, 6.45) is -2.53. The van der Waals surface area contributed by atoms with Crippen molar-refractivity contribution in [3.63, 3.8) is 0 Å². The van der Waals surface area contributed by atoms with E-state index in [1.807, 2.05) is 36.1 Å². The lowest BCUT2D eigenvalue weighted by atomic mass is 9.76. The van der Waals surface area contributed by atoms with Crippen molar-refractivity contribution in [2.24, 2.45) is 5.41 Å². The minimum atomic E-state index is -4.68. The van der Waals surface area contributed by atoms with E-state index in [9.17, 15) is 22.8 Å². The van der Waals surface area contributed by atoms with Crippen LogP contribution in [-0.2, 0) is 22.2 Å². The zero-order valence-electron chi connectivity index (χ0n) is 20.4. The number of likely N-dealkylation sites (tertiary alicyclic amines) is 1. The average Bonchev–Trinajstić information content (AvgIpc) is 3.23. The van der Waals surface area contributed by atoms with Crippen LogP contribution in [0.25, 0.3) is 0 Å². The van der Waals surface area contributed by atoms with Gasteiger partial charge in [0.05, 0.1) is 23.6 Å². The molecule has 36 heavy (non-hydrogen) atoms. The van der Waals surface area contributed by atoms with E-state index in [4.69, 9.17) is 5.26 Å². The molecular formula is C27H29F3N4O2. The molecule has 190 valence electrons. The van der Waals surface area contributed by atoms with Gasteiger partial charge in [0.15, 0.2) is 0 Å². The summed E-state index contributed by atoms with van der Waals surface area (Å²) in [5, 5.41) is 11.8. The normalized spacial score (nSPS) is 19.3. The third kappa shape index (κ3) is 5.18. The van der Waals surface area contributed by atoms with E-state index in [0.29, 0.717) is 45.3 Å². The lowest BCUT2D eigenvalue weighted by Gasteiger charge is -2.39.